The van der Waals surface area contributed by atoms with Crippen molar-refractivity contribution in [2.45, 2.75) is 25.9 Å². The van der Waals surface area contributed by atoms with E-state index in [1.54, 1.807) is 6.07 Å². The predicted molar refractivity (Wildman–Crippen MR) is 75.3 cm³/mol. The zero-order valence-corrected chi connectivity index (χ0v) is 11.7. The Morgan fingerprint density at radius 3 is 2.95 bits per heavy atom. The molecule has 0 radical (unpaired) electrons. The van der Waals surface area contributed by atoms with Gasteiger partial charge in [-0.2, -0.15) is 0 Å². The van der Waals surface area contributed by atoms with Gasteiger partial charge in [0.2, 0.25) is 0 Å². The normalized spacial score (nSPS) is 19.4. The highest BCUT2D eigenvalue weighted by Crippen LogP contribution is 2.23. The van der Waals surface area contributed by atoms with E-state index in [4.69, 9.17) is 4.74 Å². The van der Waals surface area contributed by atoms with E-state index in [9.17, 15) is 20.0 Å². The van der Waals surface area contributed by atoms with Crippen molar-refractivity contribution in [1.29, 1.82) is 0 Å². The maximum atomic E-state index is 11.3. The lowest BCUT2D eigenvalue weighted by atomic mass is 9.99. The van der Waals surface area contributed by atoms with Gasteiger partial charge in [-0.25, -0.2) is 4.79 Å². The number of carbonyl (C=O) groups is 1. The first kappa shape index (κ1) is 15.4. The summed E-state index contributed by atoms with van der Waals surface area (Å²) >= 11 is 0. The van der Waals surface area contributed by atoms with Gasteiger partial charge in [-0.15, -0.1) is 0 Å². The molecule has 21 heavy (non-hydrogen) atoms. The molecule has 1 aromatic carbocycles. The second-order valence-corrected chi connectivity index (χ2v) is 5.17. The van der Waals surface area contributed by atoms with Crippen LogP contribution in [0.1, 0.15) is 29.3 Å². The molecular formula is C14H18N2O5. The van der Waals surface area contributed by atoms with E-state index in [1.165, 1.54) is 12.1 Å². The van der Waals surface area contributed by atoms with Gasteiger partial charge in [0.05, 0.1) is 11.5 Å². The second-order valence-electron chi connectivity index (χ2n) is 5.17. The fourth-order valence-electron chi connectivity index (χ4n) is 2.52. The van der Waals surface area contributed by atoms with Crippen molar-refractivity contribution in [3.63, 3.8) is 0 Å². The Balaban J connectivity index is 2.13. The zero-order valence-electron chi connectivity index (χ0n) is 11.7. The van der Waals surface area contributed by atoms with E-state index < -0.39 is 10.9 Å². The molecule has 114 valence electrons. The van der Waals surface area contributed by atoms with Crippen molar-refractivity contribution < 1.29 is 19.6 Å². The second kappa shape index (κ2) is 6.64. The summed E-state index contributed by atoms with van der Waals surface area (Å²) in [4.78, 5) is 21.6. The SMILES string of the molecule is CC(NCc1cccc([N+](=O)[O-])c1C(=O)O)C1CCOC1. The van der Waals surface area contributed by atoms with Gasteiger partial charge < -0.3 is 15.2 Å². The fourth-order valence-corrected chi connectivity index (χ4v) is 2.52. The molecule has 0 aromatic heterocycles. The Bertz CT molecular complexity index is 540. The first-order chi connectivity index (χ1) is 10.0. The highest BCUT2D eigenvalue weighted by Gasteiger charge is 2.25. The smallest absolute Gasteiger partial charge is 0.343 e. The molecule has 0 amide bonds. The number of rotatable bonds is 6. The van der Waals surface area contributed by atoms with Crippen LogP contribution in [-0.4, -0.2) is 35.3 Å². The average molecular weight is 294 g/mol. The number of aromatic carboxylic acids is 1. The summed E-state index contributed by atoms with van der Waals surface area (Å²) in [5, 5.41) is 23.4. The Morgan fingerprint density at radius 2 is 2.38 bits per heavy atom. The van der Waals surface area contributed by atoms with Gasteiger partial charge in [-0.05, 0) is 24.8 Å². The molecule has 0 spiro atoms. The van der Waals surface area contributed by atoms with Crippen LogP contribution in [0, 0.1) is 16.0 Å². The molecule has 7 heteroatoms. The van der Waals surface area contributed by atoms with Crippen molar-refractivity contribution in [3.05, 3.63) is 39.4 Å². The maximum absolute atomic E-state index is 11.3. The molecule has 1 fully saturated rings. The van der Waals surface area contributed by atoms with Crippen molar-refractivity contribution in [3.8, 4) is 0 Å². The molecule has 0 saturated carbocycles. The molecule has 1 heterocycles. The van der Waals surface area contributed by atoms with Crippen LogP contribution < -0.4 is 5.32 Å². The molecule has 1 aromatic rings. The van der Waals surface area contributed by atoms with E-state index in [0.29, 0.717) is 18.1 Å². The monoisotopic (exact) mass is 294 g/mol. The quantitative estimate of drug-likeness (QED) is 0.613. The molecule has 1 saturated heterocycles. The largest absolute Gasteiger partial charge is 0.477 e. The number of hydrogen-bond donors (Lipinski definition) is 2. The zero-order chi connectivity index (χ0) is 15.4. The van der Waals surface area contributed by atoms with Gasteiger partial charge in [0, 0.05) is 25.3 Å². The first-order valence-corrected chi connectivity index (χ1v) is 6.81. The van der Waals surface area contributed by atoms with Crippen LogP contribution in [0.3, 0.4) is 0 Å². The molecule has 2 rings (SSSR count). The summed E-state index contributed by atoms with van der Waals surface area (Å²) in [6, 6.07) is 4.47. The Hall–Kier alpha value is -1.99. The number of nitrogens with zero attached hydrogens (tertiary/aromatic N) is 1. The number of nitro groups is 1. The van der Waals surface area contributed by atoms with E-state index in [2.05, 4.69) is 5.32 Å². The number of carboxylic acid groups (broad SMARTS) is 1. The van der Waals surface area contributed by atoms with E-state index in [-0.39, 0.29) is 23.8 Å². The standard InChI is InChI=1S/C14H18N2O5/c1-9(11-5-6-21-8-11)15-7-10-3-2-4-12(16(19)20)13(10)14(17)18/h2-4,9,11,15H,5-8H2,1H3,(H,17,18). The summed E-state index contributed by atoms with van der Waals surface area (Å²) in [6.07, 6.45) is 0.967. The number of ether oxygens (including phenoxy) is 1. The summed E-state index contributed by atoms with van der Waals surface area (Å²) in [6.45, 7) is 3.72. The van der Waals surface area contributed by atoms with Crippen molar-refractivity contribution >= 4 is 11.7 Å². The minimum Gasteiger partial charge on any atom is -0.477 e. The first-order valence-electron chi connectivity index (χ1n) is 6.81. The van der Waals surface area contributed by atoms with Crippen LogP contribution >= 0.6 is 0 Å². The van der Waals surface area contributed by atoms with Crippen LogP contribution in [0.2, 0.25) is 0 Å². The number of nitrogens with one attached hydrogen (secondary N) is 1. The molecule has 0 aliphatic carbocycles. The van der Waals surface area contributed by atoms with Crippen LogP contribution in [0.4, 0.5) is 5.69 Å². The van der Waals surface area contributed by atoms with Crippen molar-refractivity contribution in [2.75, 3.05) is 13.2 Å². The molecule has 2 atom stereocenters. The number of carboxylic acids is 1. The van der Waals surface area contributed by atoms with Gasteiger partial charge in [0.25, 0.3) is 5.69 Å². The van der Waals surface area contributed by atoms with Crippen molar-refractivity contribution in [2.24, 2.45) is 5.92 Å². The Morgan fingerprint density at radius 1 is 1.62 bits per heavy atom. The molecule has 2 unspecified atom stereocenters. The topological polar surface area (TPSA) is 102 Å². The Labute approximate surface area is 122 Å². The van der Waals surface area contributed by atoms with Gasteiger partial charge in [-0.1, -0.05) is 12.1 Å². The van der Waals surface area contributed by atoms with Gasteiger partial charge in [-0.3, -0.25) is 10.1 Å². The molecule has 1 aliphatic rings. The lowest BCUT2D eigenvalue weighted by Gasteiger charge is -2.19. The minimum atomic E-state index is -1.28. The number of benzene rings is 1. The van der Waals surface area contributed by atoms with Gasteiger partial charge in [0.15, 0.2) is 0 Å². The maximum Gasteiger partial charge on any atom is 0.343 e. The summed E-state index contributed by atoms with van der Waals surface area (Å²) < 4.78 is 5.32. The lowest BCUT2D eigenvalue weighted by molar-refractivity contribution is -0.385. The van der Waals surface area contributed by atoms with E-state index in [1.807, 2.05) is 6.92 Å². The minimum absolute atomic E-state index is 0.161. The molecule has 0 bridgehead atoms. The third kappa shape index (κ3) is 3.56. The van der Waals surface area contributed by atoms with Gasteiger partial charge >= 0.3 is 5.97 Å². The van der Waals surface area contributed by atoms with Crippen LogP contribution in [0.5, 0.6) is 0 Å². The predicted octanol–water partition coefficient (Wildman–Crippen LogP) is 1.81. The van der Waals surface area contributed by atoms with Crippen LogP contribution in [0.25, 0.3) is 0 Å². The van der Waals surface area contributed by atoms with E-state index in [0.717, 1.165) is 13.0 Å². The third-order valence-corrected chi connectivity index (χ3v) is 3.83. The summed E-state index contributed by atoms with van der Waals surface area (Å²) in [7, 11) is 0. The average Bonchev–Trinajstić information content (AvgIpc) is 2.98. The number of hydrogen-bond acceptors (Lipinski definition) is 5. The van der Waals surface area contributed by atoms with E-state index >= 15 is 0 Å². The van der Waals surface area contributed by atoms with Crippen LogP contribution in [0.15, 0.2) is 18.2 Å². The summed E-state index contributed by atoms with van der Waals surface area (Å²) in [5.74, 6) is -0.895. The summed E-state index contributed by atoms with van der Waals surface area (Å²) in [5.41, 5.74) is -0.203. The molecule has 1 aliphatic heterocycles. The molecule has 2 N–H and O–H groups in total. The highest BCUT2D eigenvalue weighted by molar-refractivity contribution is 5.94. The van der Waals surface area contributed by atoms with Gasteiger partial charge in [0.1, 0.15) is 5.56 Å². The molecular weight excluding hydrogens is 276 g/mol. The van der Waals surface area contributed by atoms with Crippen molar-refractivity contribution in [1.82, 2.24) is 5.32 Å². The Kier molecular flexibility index (Phi) is 4.87. The molecule has 7 nitrogen and oxygen atoms in total. The third-order valence-electron chi connectivity index (χ3n) is 3.83. The number of nitro benzene ring substituents is 1. The van der Waals surface area contributed by atoms with Crippen LogP contribution in [-0.2, 0) is 11.3 Å². The fraction of sp³-hybridized carbons (Fsp3) is 0.500. The highest BCUT2D eigenvalue weighted by atomic mass is 16.6. The lowest BCUT2D eigenvalue weighted by Crippen LogP contribution is -2.33.